The summed E-state index contributed by atoms with van der Waals surface area (Å²) < 4.78 is 15.5. The SMILES string of the molecule is CC(C)(C)[S@](=O)N=Cc1cnc(-c2ccncc2)s1. The molecule has 0 aliphatic rings. The van der Waals surface area contributed by atoms with Gasteiger partial charge in [-0.15, -0.1) is 11.3 Å². The molecule has 0 aliphatic carbocycles. The number of aromatic nitrogens is 2. The number of hydrogen-bond acceptors (Lipinski definition) is 4. The molecular formula is C13H15N3OS2. The van der Waals surface area contributed by atoms with Crippen LogP contribution in [-0.2, 0) is 11.0 Å². The molecule has 0 saturated carbocycles. The fourth-order valence-corrected chi connectivity index (χ4v) is 2.62. The maximum Gasteiger partial charge on any atom is 0.144 e. The van der Waals surface area contributed by atoms with E-state index in [0.29, 0.717) is 0 Å². The number of thiazole rings is 1. The molecule has 6 heteroatoms. The predicted octanol–water partition coefficient (Wildman–Crippen LogP) is 3.09. The van der Waals surface area contributed by atoms with Gasteiger partial charge in [-0.3, -0.25) is 4.98 Å². The molecular weight excluding hydrogens is 278 g/mol. The summed E-state index contributed by atoms with van der Waals surface area (Å²) in [7, 11) is -1.23. The van der Waals surface area contributed by atoms with Crippen LogP contribution in [0.1, 0.15) is 25.6 Å². The summed E-state index contributed by atoms with van der Waals surface area (Å²) in [5, 5.41) is 0.908. The van der Waals surface area contributed by atoms with Crippen molar-refractivity contribution in [2.24, 2.45) is 4.40 Å². The van der Waals surface area contributed by atoms with Gasteiger partial charge in [-0.05, 0) is 32.9 Å². The molecule has 0 unspecified atom stereocenters. The van der Waals surface area contributed by atoms with E-state index in [9.17, 15) is 4.21 Å². The molecule has 2 rings (SSSR count). The Hall–Kier alpha value is -1.40. The van der Waals surface area contributed by atoms with Crippen LogP contribution < -0.4 is 0 Å². The zero-order valence-electron chi connectivity index (χ0n) is 11.0. The topological polar surface area (TPSA) is 55.2 Å². The van der Waals surface area contributed by atoms with Crippen molar-refractivity contribution in [3.05, 3.63) is 35.6 Å². The molecule has 100 valence electrons. The fraction of sp³-hybridized carbons (Fsp3) is 0.308. The summed E-state index contributed by atoms with van der Waals surface area (Å²) in [4.78, 5) is 9.19. The van der Waals surface area contributed by atoms with E-state index in [4.69, 9.17) is 0 Å². The molecule has 2 heterocycles. The number of hydrogen-bond donors (Lipinski definition) is 0. The van der Waals surface area contributed by atoms with Gasteiger partial charge >= 0.3 is 0 Å². The Labute approximate surface area is 119 Å². The molecule has 0 bridgehead atoms. The van der Waals surface area contributed by atoms with Crippen LogP contribution in [0, 0.1) is 0 Å². The summed E-state index contributed by atoms with van der Waals surface area (Å²) >= 11 is 1.52. The van der Waals surface area contributed by atoms with Crippen LogP contribution in [0.4, 0.5) is 0 Å². The average molecular weight is 293 g/mol. The molecule has 0 aliphatic heterocycles. The number of nitrogens with zero attached hydrogens (tertiary/aromatic N) is 3. The highest BCUT2D eigenvalue weighted by Crippen LogP contribution is 2.23. The summed E-state index contributed by atoms with van der Waals surface area (Å²) in [5.41, 5.74) is 1.02. The van der Waals surface area contributed by atoms with Crippen molar-refractivity contribution < 1.29 is 4.21 Å². The second kappa shape index (κ2) is 5.71. The van der Waals surface area contributed by atoms with Gasteiger partial charge in [-0.2, -0.15) is 4.40 Å². The standard InChI is InChI=1S/C13H15N3OS2/c1-13(2,3)19(17)16-9-11-8-15-12(18-11)10-4-6-14-7-5-10/h4-9H,1-3H3/t19-/m0/s1. The third-order valence-corrected chi connectivity index (χ3v) is 4.58. The van der Waals surface area contributed by atoms with E-state index in [1.807, 2.05) is 32.9 Å². The first-order valence-electron chi connectivity index (χ1n) is 5.79. The summed E-state index contributed by atoms with van der Waals surface area (Å²) in [6.07, 6.45) is 6.84. The Kier molecular flexibility index (Phi) is 4.21. The maximum absolute atomic E-state index is 11.8. The molecule has 0 saturated heterocycles. The first-order chi connectivity index (χ1) is 8.97. The Morgan fingerprint density at radius 2 is 2.00 bits per heavy atom. The van der Waals surface area contributed by atoms with Crippen LogP contribution in [0.2, 0.25) is 0 Å². The molecule has 2 aromatic rings. The molecule has 2 aromatic heterocycles. The second-order valence-corrected chi connectivity index (χ2v) is 7.90. The Balaban J connectivity index is 2.15. The largest absolute Gasteiger partial charge is 0.265 e. The monoisotopic (exact) mass is 293 g/mol. The van der Waals surface area contributed by atoms with E-state index < -0.39 is 11.0 Å². The van der Waals surface area contributed by atoms with E-state index in [1.54, 1.807) is 24.8 Å². The smallest absolute Gasteiger partial charge is 0.144 e. The quantitative estimate of drug-likeness (QED) is 0.817. The van der Waals surface area contributed by atoms with Crippen molar-refractivity contribution in [3.8, 4) is 10.6 Å². The van der Waals surface area contributed by atoms with Gasteiger partial charge < -0.3 is 0 Å². The highest BCUT2D eigenvalue weighted by atomic mass is 32.2. The minimum Gasteiger partial charge on any atom is -0.265 e. The highest BCUT2D eigenvalue weighted by molar-refractivity contribution is 7.85. The van der Waals surface area contributed by atoms with Gasteiger partial charge in [-0.25, -0.2) is 9.19 Å². The van der Waals surface area contributed by atoms with Crippen LogP contribution in [0.15, 0.2) is 35.1 Å². The molecule has 19 heavy (non-hydrogen) atoms. The van der Waals surface area contributed by atoms with Crippen molar-refractivity contribution in [1.82, 2.24) is 9.97 Å². The van der Waals surface area contributed by atoms with E-state index in [-0.39, 0.29) is 4.75 Å². The minimum absolute atomic E-state index is 0.338. The summed E-state index contributed by atoms with van der Waals surface area (Å²) in [6.45, 7) is 5.70. The Bertz CT molecular complexity index is 600. The van der Waals surface area contributed by atoms with Crippen molar-refractivity contribution in [3.63, 3.8) is 0 Å². The molecule has 0 N–H and O–H groups in total. The number of rotatable bonds is 3. The van der Waals surface area contributed by atoms with Gasteiger partial charge in [0.15, 0.2) is 0 Å². The van der Waals surface area contributed by atoms with Crippen molar-refractivity contribution in [2.75, 3.05) is 0 Å². The summed E-state index contributed by atoms with van der Waals surface area (Å²) in [5.74, 6) is 0. The predicted molar refractivity (Wildman–Crippen MR) is 80.8 cm³/mol. The van der Waals surface area contributed by atoms with E-state index in [2.05, 4.69) is 14.4 Å². The minimum atomic E-state index is -1.23. The lowest BCUT2D eigenvalue weighted by Crippen LogP contribution is -2.19. The van der Waals surface area contributed by atoms with Crippen LogP contribution >= 0.6 is 11.3 Å². The molecule has 0 radical (unpaired) electrons. The average Bonchev–Trinajstić information content (AvgIpc) is 2.84. The van der Waals surface area contributed by atoms with Crippen LogP contribution in [0.5, 0.6) is 0 Å². The van der Waals surface area contributed by atoms with Gasteiger partial charge in [0.05, 0.1) is 15.8 Å². The van der Waals surface area contributed by atoms with Gasteiger partial charge in [0, 0.05) is 24.2 Å². The van der Waals surface area contributed by atoms with Crippen LogP contribution in [0.3, 0.4) is 0 Å². The molecule has 1 atom stereocenters. The molecule has 0 amide bonds. The van der Waals surface area contributed by atoms with E-state index in [1.165, 1.54) is 11.3 Å². The lowest BCUT2D eigenvalue weighted by Gasteiger charge is -2.12. The van der Waals surface area contributed by atoms with Crippen LogP contribution in [0.25, 0.3) is 10.6 Å². The van der Waals surface area contributed by atoms with Gasteiger partial charge in [-0.1, -0.05) is 0 Å². The second-order valence-electron chi connectivity index (χ2n) is 4.90. The Morgan fingerprint density at radius 1 is 1.32 bits per heavy atom. The van der Waals surface area contributed by atoms with Gasteiger partial charge in [0.25, 0.3) is 0 Å². The highest BCUT2D eigenvalue weighted by Gasteiger charge is 2.18. The van der Waals surface area contributed by atoms with Gasteiger partial charge in [0.1, 0.15) is 16.0 Å². The van der Waals surface area contributed by atoms with E-state index >= 15 is 0 Å². The lowest BCUT2D eigenvalue weighted by molar-refractivity contribution is 0.651. The molecule has 0 fully saturated rings. The van der Waals surface area contributed by atoms with Crippen molar-refractivity contribution >= 4 is 28.5 Å². The normalized spacial score (nSPS) is 13.8. The third kappa shape index (κ3) is 3.78. The lowest BCUT2D eigenvalue weighted by atomic mass is 10.3. The van der Waals surface area contributed by atoms with Crippen molar-refractivity contribution in [2.45, 2.75) is 25.5 Å². The fourth-order valence-electron chi connectivity index (χ4n) is 1.23. The molecule has 4 nitrogen and oxygen atoms in total. The molecule has 0 spiro atoms. The van der Waals surface area contributed by atoms with Crippen molar-refractivity contribution in [1.29, 1.82) is 0 Å². The first kappa shape index (κ1) is 14.0. The van der Waals surface area contributed by atoms with E-state index in [0.717, 1.165) is 15.4 Å². The molecule has 0 aromatic carbocycles. The van der Waals surface area contributed by atoms with Crippen LogP contribution in [-0.4, -0.2) is 25.1 Å². The van der Waals surface area contributed by atoms with Gasteiger partial charge in [0.2, 0.25) is 0 Å². The maximum atomic E-state index is 11.8. The third-order valence-electron chi connectivity index (χ3n) is 2.25. The zero-order chi connectivity index (χ0) is 13.9. The first-order valence-corrected chi connectivity index (χ1v) is 7.71. The zero-order valence-corrected chi connectivity index (χ0v) is 12.7. The summed E-state index contributed by atoms with van der Waals surface area (Å²) in [6, 6.07) is 3.82. The Morgan fingerprint density at radius 3 is 2.63 bits per heavy atom. The number of pyridine rings is 1.